The largest absolute Gasteiger partial charge is 0.449 e. The topological polar surface area (TPSA) is 122 Å². The Labute approximate surface area is 218 Å². The third-order valence-electron chi connectivity index (χ3n) is 5.86. The Morgan fingerprint density at radius 2 is 1.84 bits per heavy atom. The van der Waals surface area contributed by atoms with Crippen molar-refractivity contribution in [1.29, 1.82) is 0 Å². The lowest BCUT2D eigenvalue weighted by Gasteiger charge is -2.34. The third-order valence-corrected chi connectivity index (χ3v) is 6.17. The predicted octanol–water partition coefficient (Wildman–Crippen LogP) is 3.78. The van der Waals surface area contributed by atoms with Crippen LogP contribution in [0.2, 0.25) is 5.02 Å². The van der Waals surface area contributed by atoms with Crippen molar-refractivity contribution in [2.75, 3.05) is 38.1 Å². The van der Waals surface area contributed by atoms with Crippen LogP contribution in [0.5, 0.6) is 0 Å². The van der Waals surface area contributed by atoms with E-state index >= 15 is 0 Å². The van der Waals surface area contributed by atoms with Crippen LogP contribution in [-0.4, -0.2) is 76.7 Å². The number of piperazine rings is 1. The van der Waals surface area contributed by atoms with Crippen LogP contribution in [0, 0.1) is 0 Å². The second-order valence-electron chi connectivity index (χ2n) is 8.47. The molecule has 1 aliphatic heterocycles. The average Bonchev–Trinajstić information content (AvgIpc) is 2.91. The van der Waals surface area contributed by atoms with Crippen LogP contribution in [0.15, 0.2) is 42.6 Å². The van der Waals surface area contributed by atoms with Gasteiger partial charge in [0.2, 0.25) is 5.91 Å². The number of halogens is 1. The molecular formula is C26H26ClN5O5. The van der Waals surface area contributed by atoms with Crippen molar-refractivity contribution in [1.82, 2.24) is 19.8 Å². The molecule has 2 aromatic heterocycles. The van der Waals surface area contributed by atoms with Gasteiger partial charge in [-0.15, -0.1) is 0 Å². The van der Waals surface area contributed by atoms with Gasteiger partial charge in [0.1, 0.15) is 12.1 Å². The lowest BCUT2D eigenvalue weighted by Crippen LogP contribution is -2.50. The van der Waals surface area contributed by atoms with Crippen molar-refractivity contribution in [3.05, 3.63) is 53.2 Å². The van der Waals surface area contributed by atoms with Crippen LogP contribution in [0.25, 0.3) is 22.2 Å². The molecule has 0 saturated carbocycles. The molecule has 0 spiro atoms. The van der Waals surface area contributed by atoms with Gasteiger partial charge in [-0.25, -0.2) is 14.8 Å². The number of fused-ring (bicyclic) bond motifs is 1. The first kappa shape index (κ1) is 26.0. The van der Waals surface area contributed by atoms with E-state index in [4.69, 9.17) is 16.3 Å². The molecule has 1 fully saturated rings. The van der Waals surface area contributed by atoms with E-state index in [0.717, 1.165) is 6.42 Å². The summed E-state index contributed by atoms with van der Waals surface area (Å²) in [5, 5.41) is 3.71. The number of aldehydes is 1. The lowest BCUT2D eigenvalue weighted by molar-refractivity contribution is -0.120. The molecule has 0 aliphatic carbocycles. The molecule has 3 heterocycles. The van der Waals surface area contributed by atoms with Crippen LogP contribution >= 0.6 is 11.6 Å². The molecule has 0 unspecified atom stereocenters. The highest BCUT2D eigenvalue weighted by Gasteiger charge is 2.26. The monoisotopic (exact) mass is 523 g/mol. The summed E-state index contributed by atoms with van der Waals surface area (Å²) >= 11 is 6.51. The fraction of sp³-hybridized carbons (Fsp3) is 0.308. The number of carbonyl (C=O) groups is 4. The molecule has 3 aromatic rings. The smallest absolute Gasteiger partial charge is 0.409 e. The number of hydrogen-bond donors (Lipinski definition) is 1. The van der Waals surface area contributed by atoms with E-state index in [1.807, 2.05) is 6.92 Å². The van der Waals surface area contributed by atoms with Gasteiger partial charge in [-0.1, -0.05) is 24.6 Å². The zero-order chi connectivity index (χ0) is 26.4. The summed E-state index contributed by atoms with van der Waals surface area (Å²) in [6, 6.07) is 10.2. The highest BCUT2D eigenvalue weighted by atomic mass is 35.5. The summed E-state index contributed by atoms with van der Waals surface area (Å²) in [6.45, 7) is 3.96. The summed E-state index contributed by atoms with van der Waals surface area (Å²) in [5.74, 6) is -0.282. The van der Waals surface area contributed by atoms with Crippen molar-refractivity contribution in [2.45, 2.75) is 19.8 Å². The number of nitrogens with zero attached hydrogens (tertiary/aromatic N) is 4. The Hall–Kier alpha value is -4.05. The van der Waals surface area contributed by atoms with E-state index in [9.17, 15) is 19.2 Å². The van der Waals surface area contributed by atoms with Gasteiger partial charge in [-0.05, 0) is 36.8 Å². The first-order chi connectivity index (χ1) is 17.9. The van der Waals surface area contributed by atoms with Crippen molar-refractivity contribution in [3.63, 3.8) is 0 Å². The van der Waals surface area contributed by atoms with Crippen molar-refractivity contribution in [2.24, 2.45) is 0 Å². The number of rotatable bonds is 7. The molecule has 0 bridgehead atoms. The van der Waals surface area contributed by atoms with Crippen LogP contribution in [0.1, 0.15) is 30.1 Å². The Morgan fingerprint density at radius 1 is 1.08 bits per heavy atom. The van der Waals surface area contributed by atoms with E-state index in [1.165, 1.54) is 0 Å². The molecule has 11 heteroatoms. The first-order valence-corrected chi connectivity index (χ1v) is 12.3. The number of aromatic nitrogens is 2. The average molecular weight is 524 g/mol. The van der Waals surface area contributed by atoms with Gasteiger partial charge in [0.05, 0.1) is 29.3 Å². The number of hydrogen-bond acceptors (Lipinski definition) is 7. The number of carbonyl (C=O) groups excluding carboxylic acids is 4. The predicted molar refractivity (Wildman–Crippen MR) is 138 cm³/mol. The van der Waals surface area contributed by atoms with Crippen LogP contribution in [0.4, 0.5) is 10.6 Å². The second kappa shape index (κ2) is 11.8. The number of benzene rings is 1. The molecule has 0 radical (unpaired) electrons. The van der Waals surface area contributed by atoms with Gasteiger partial charge < -0.3 is 24.6 Å². The normalized spacial score (nSPS) is 13.4. The summed E-state index contributed by atoms with van der Waals surface area (Å²) in [4.78, 5) is 59.5. The minimum atomic E-state index is -0.447. The molecule has 4 rings (SSSR count). The number of ether oxygens (including phenoxy) is 1. The summed E-state index contributed by atoms with van der Waals surface area (Å²) in [6.07, 6.45) is 2.23. The van der Waals surface area contributed by atoms with E-state index in [-0.39, 0.29) is 18.4 Å². The number of pyridine rings is 2. The molecule has 3 amide bonds. The molecule has 0 atom stereocenters. The minimum absolute atomic E-state index is 0.149. The Bertz CT molecular complexity index is 1320. The minimum Gasteiger partial charge on any atom is -0.449 e. The fourth-order valence-electron chi connectivity index (χ4n) is 3.91. The molecular weight excluding hydrogens is 498 g/mol. The van der Waals surface area contributed by atoms with Crippen LogP contribution < -0.4 is 5.32 Å². The van der Waals surface area contributed by atoms with Crippen LogP contribution in [0.3, 0.4) is 0 Å². The van der Waals surface area contributed by atoms with Gasteiger partial charge in [0.15, 0.2) is 0 Å². The highest BCUT2D eigenvalue weighted by molar-refractivity contribution is 6.35. The van der Waals surface area contributed by atoms with E-state index < -0.39 is 5.91 Å². The van der Waals surface area contributed by atoms with Gasteiger partial charge in [-0.3, -0.25) is 9.59 Å². The Balaban J connectivity index is 1.49. The van der Waals surface area contributed by atoms with E-state index in [0.29, 0.717) is 77.6 Å². The van der Waals surface area contributed by atoms with Gasteiger partial charge in [-0.2, -0.15) is 0 Å². The summed E-state index contributed by atoms with van der Waals surface area (Å²) < 4.78 is 5.18. The molecule has 1 saturated heterocycles. The quantitative estimate of drug-likeness (QED) is 0.369. The molecule has 10 nitrogen and oxygen atoms in total. The van der Waals surface area contributed by atoms with Gasteiger partial charge >= 0.3 is 6.09 Å². The standard InChI is InChI=1S/C26H26ClN5O5/c1-2-13-37-26(36)32-10-8-31(9-11-32)25(35)17-3-5-19-20(27)15-21(29-22(19)14-17)18-4-6-23(28-16-18)30-24(34)7-12-33/h3-6,12,14-16H,2,7-11,13H2,1H3,(H,28,30,34). The van der Waals surface area contributed by atoms with Crippen molar-refractivity contribution in [3.8, 4) is 11.3 Å². The van der Waals surface area contributed by atoms with Crippen LogP contribution in [-0.2, 0) is 14.3 Å². The zero-order valence-corrected chi connectivity index (χ0v) is 21.0. The van der Waals surface area contributed by atoms with Crippen molar-refractivity contribution >= 4 is 52.5 Å². The van der Waals surface area contributed by atoms with Gasteiger partial charge in [0.25, 0.3) is 5.91 Å². The molecule has 192 valence electrons. The molecule has 37 heavy (non-hydrogen) atoms. The molecule has 1 aromatic carbocycles. The Kier molecular flexibility index (Phi) is 8.29. The maximum absolute atomic E-state index is 13.2. The number of anilines is 1. The summed E-state index contributed by atoms with van der Waals surface area (Å²) in [5.41, 5.74) is 2.25. The second-order valence-corrected chi connectivity index (χ2v) is 8.87. The summed E-state index contributed by atoms with van der Waals surface area (Å²) in [7, 11) is 0. The van der Waals surface area contributed by atoms with Gasteiger partial charge in [0, 0.05) is 48.9 Å². The zero-order valence-electron chi connectivity index (χ0n) is 20.3. The maximum atomic E-state index is 13.2. The molecule has 1 aliphatic rings. The number of amides is 3. The molecule has 1 N–H and O–H groups in total. The highest BCUT2D eigenvalue weighted by Crippen LogP contribution is 2.29. The van der Waals surface area contributed by atoms with Crippen molar-refractivity contribution < 1.29 is 23.9 Å². The Morgan fingerprint density at radius 3 is 2.51 bits per heavy atom. The van der Waals surface area contributed by atoms with E-state index in [2.05, 4.69) is 15.3 Å². The SMILES string of the molecule is CCCOC(=O)N1CCN(C(=O)c2ccc3c(Cl)cc(-c4ccc(NC(=O)CC=O)nc4)nc3c2)CC1. The first-order valence-electron chi connectivity index (χ1n) is 11.9. The van der Waals surface area contributed by atoms with E-state index in [1.54, 1.807) is 52.4 Å². The third kappa shape index (κ3) is 6.21. The maximum Gasteiger partial charge on any atom is 0.409 e. The number of nitrogens with one attached hydrogen (secondary N) is 1. The fourth-order valence-corrected chi connectivity index (χ4v) is 4.17. The lowest BCUT2D eigenvalue weighted by atomic mass is 10.1.